The molecule has 13 rings (SSSR count). The molecule has 7 aromatic rings. The lowest BCUT2D eigenvalue weighted by Crippen LogP contribution is -2.55. The Bertz CT molecular complexity index is 2620. The molecule has 0 heteroatoms. The zero-order chi connectivity index (χ0) is 35.2. The Morgan fingerprint density at radius 3 is 1.57 bits per heavy atom. The van der Waals surface area contributed by atoms with Crippen molar-refractivity contribution in [2.45, 2.75) is 70.1 Å². The maximum absolute atomic E-state index is 2.71. The molecule has 6 aliphatic rings. The third kappa shape index (κ3) is 3.82. The molecule has 7 aromatic carbocycles. The monoisotopic (exact) mass is 682 g/mol. The van der Waals surface area contributed by atoms with Crippen molar-refractivity contribution in [3.63, 3.8) is 0 Å². The second-order valence-electron chi connectivity index (χ2n) is 17.9. The van der Waals surface area contributed by atoms with Gasteiger partial charge < -0.3 is 0 Å². The van der Waals surface area contributed by atoms with Gasteiger partial charge in [-0.2, -0.15) is 0 Å². The fourth-order valence-corrected chi connectivity index (χ4v) is 13.4. The minimum atomic E-state index is -0.0407. The highest BCUT2D eigenvalue weighted by atomic mass is 14.6. The van der Waals surface area contributed by atoms with Crippen molar-refractivity contribution >= 4 is 21.5 Å². The summed E-state index contributed by atoms with van der Waals surface area (Å²) in [6.07, 6.45) is 8.22. The average molecular weight is 683 g/mol. The van der Waals surface area contributed by atoms with E-state index in [1.807, 2.05) is 0 Å². The highest BCUT2D eigenvalue weighted by Crippen LogP contribution is 2.70. The van der Waals surface area contributed by atoms with Crippen LogP contribution in [0.15, 0.2) is 127 Å². The molecular weight excluding hydrogens is 637 g/mol. The van der Waals surface area contributed by atoms with E-state index in [4.69, 9.17) is 0 Å². The summed E-state index contributed by atoms with van der Waals surface area (Å²) >= 11 is 0. The van der Waals surface area contributed by atoms with Crippen molar-refractivity contribution in [3.8, 4) is 44.5 Å². The zero-order valence-electron chi connectivity index (χ0n) is 31.2. The molecule has 53 heavy (non-hydrogen) atoms. The average Bonchev–Trinajstić information content (AvgIpc) is 3.61. The lowest BCUT2D eigenvalue weighted by Gasteiger charge is -2.61. The van der Waals surface area contributed by atoms with Gasteiger partial charge in [0, 0.05) is 10.8 Å². The van der Waals surface area contributed by atoms with Crippen LogP contribution in [-0.2, 0) is 17.3 Å². The normalized spacial score (nSPS) is 25.2. The summed E-state index contributed by atoms with van der Waals surface area (Å²) in [5, 5.41) is 5.40. The van der Waals surface area contributed by atoms with Gasteiger partial charge in [-0.05, 0) is 168 Å². The van der Waals surface area contributed by atoms with Crippen molar-refractivity contribution in [3.05, 3.63) is 155 Å². The smallest absolute Gasteiger partial charge is 0.0272 e. The van der Waals surface area contributed by atoms with Crippen molar-refractivity contribution in [2.24, 2.45) is 23.7 Å². The maximum Gasteiger partial charge on any atom is 0.0272 e. The van der Waals surface area contributed by atoms with E-state index in [0.717, 1.165) is 30.1 Å². The van der Waals surface area contributed by atoms with Crippen LogP contribution in [0.1, 0.15) is 80.7 Å². The largest absolute Gasteiger partial charge is 0.0619 e. The van der Waals surface area contributed by atoms with Crippen LogP contribution in [0.4, 0.5) is 0 Å². The Morgan fingerprint density at radius 2 is 0.962 bits per heavy atom. The highest BCUT2D eigenvalue weighted by molar-refractivity contribution is 6.21. The van der Waals surface area contributed by atoms with Gasteiger partial charge in [0.15, 0.2) is 0 Å². The Labute approximate surface area is 313 Å². The molecule has 0 nitrogen and oxygen atoms in total. The molecule has 4 fully saturated rings. The number of hydrogen-bond acceptors (Lipinski definition) is 0. The standard InChI is InChI=1S/C53H46/c1-4-33-12-11-19-46-51(33)44-23-21-35(30-48(44)53(46)36-25-31-24-32(27-36)28-37(53)26-31)50-42-16-7-5-14-40(42)49(41-15-6-8-17-43(41)50)34-20-22-39-38-13-9-10-18-45(38)52(2,3)47(39)29-34/h5-23,29-32,36-37H,4,24-28H2,1-3H3. The molecule has 1 spiro atoms. The molecule has 0 heterocycles. The van der Waals surface area contributed by atoms with Gasteiger partial charge in [-0.3, -0.25) is 0 Å². The fourth-order valence-electron chi connectivity index (χ4n) is 13.4. The van der Waals surface area contributed by atoms with E-state index >= 15 is 0 Å². The molecule has 0 aromatic heterocycles. The molecule has 0 amide bonds. The molecule has 0 unspecified atom stereocenters. The predicted octanol–water partition coefficient (Wildman–Crippen LogP) is 13.9. The van der Waals surface area contributed by atoms with E-state index in [0.29, 0.717) is 0 Å². The molecule has 0 atom stereocenters. The van der Waals surface area contributed by atoms with Crippen LogP contribution in [0.3, 0.4) is 0 Å². The molecule has 6 aliphatic carbocycles. The van der Waals surface area contributed by atoms with Gasteiger partial charge in [-0.1, -0.05) is 136 Å². The van der Waals surface area contributed by atoms with Crippen molar-refractivity contribution in [1.82, 2.24) is 0 Å². The maximum atomic E-state index is 2.71. The molecule has 258 valence electrons. The van der Waals surface area contributed by atoms with Crippen molar-refractivity contribution in [2.75, 3.05) is 0 Å². The summed E-state index contributed by atoms with van der Waals surface area (Å²) in [5.41, 5.74) is 19.1. The number of rotatable bonds is 3. The second-order valence-corrected chi connectivity index (χ2v) is 17.9. The van der Waals surface area contributed by atoms with Crippen LogP contribution >= 0.6 is 0 Å². The summed E-state index contributed by atoms with van der Waals surface area (Å²) in [4.78, 5) is 0. The van der Waals surface area contributed by atoms with Crippen LogP contribution in [0.2, 0.25) is 0 Å². The summed E-state index contributed by atoms with van der Waals surface area (Å²) in [6, 6.07) is 49.9. The van der Waals surface area contributed by atoms with E-state index in [1.165, 1.54) is 109 Å². The minimum Gasteiger partial charge on any atom is -0.0619 e. The van der Waals surface area contributed by atoms with Gasteiger partial charge in [0.05, 0.1) is 0 Å². The van der Waals surface area contributed by atoms with Gasteiger partial charge in [0.25, 0.3) is 0 Å². The van der Waals surface area contributed by atoms with E-state index in [-0.39, 0.29) is 10.8 Å². The van der Waals surface area contributed by atoms with Gasteiger partial charge >= 0.3 is 0 Å². The molecular formula is C53H46. The van der Waals surface area contributed by atoms with Gasteiger partial charge in [-0.25, -0.2) is 0 Å². The van der Waals surface area contributed by atoms with Crippen LogP contribution in [-0.4, -0.2) is 0 Å². The zero-order valence-corrected chi connectivity index (χ0v) is 31.2. The van der Waals surface area contributed by atoms with Crippen molar-refractivity contribution in [1.29, 1.82) is 0 Å². The SMILES string of the molecule is CCc1cccc2c1-c1ccc(-c3c4ccccc4c(-c4ccc5c(c4)C(C)(C)c4ccccc4-5)c4ccccc34)cc1C21C2CC3CC(C2)CC1C3. The first-order valence-corrected chi connectivity index (χ1v) is 20.4. The second kappa shape index (κ2) is 10.6. The van der Waals surface area contributed by atoms with E-state index in [1.54, 1.807) is 16.7 Å². The van der Waals surface area contributed by atoms with Crippen molar-refractivity contribution < 1.29 is 0 Å². The van der Waals surface area contributed by atoms with Crippen LogP contribution in [0.25, 0.3) is 66.1 Å². The number of fused-ring (bicyclic) bond motifs is 8. The lowest BCUT2D eigenvalue weighted by atomic mass is 9.43. The first-order valence-electron chi connectivity index (χ1n) is 20.4. The highest BCUT2D eigenvalue weighted by Gasteiger charge is 2.61. The first kappa shape index (κ1) is 30.5. The van der Waals surface area contributed by atoms with E-state index < -0.39 is 0 Å². The number of benzene rings is 7. The first-order chi connectivity index (χ1) is 26.0. The Morgan fingerprint density at radius 1 is 0.453 bits per heavy atom. The Kier molecular flexibility index (Phi) is 6.10. The molecule has 0 aliphatic heterocycles. The Balaban J connectivity index is 1.11. The lowest BCUT2D eigenvalue weighted by molar-refractivity contribution is -0.0399. The summed E-state index contributed by atoms with van der Waals surface area (Å²) in [6.45, 7) is 7.14. The van der Waals surface area contributed by atoms with Crippen LogP contribution in [0, 0.1) is 23.7 Å². The predicted molar refractivity (Wildman–Crippen MR) is 223 cm³/mol. The van der Waals surface area contributed by atoms with Crippen LogP contribution in [0.5, 0.6) is 0 Å². The van der Waals surface area contributed by atoms with E-state index in [2.05, 4.69) is 148 Å². The van der Waals surface area contributed by atoms with Gasteiger partial charge in [0.2, 0.25) is 0 Å². The molecule has 0 N–H and O–H groups in total. The summed E-state index contributed by atoms with van der Waals surface area (Å²) in [7, 11) is 0. The third-order valence-electron chi connectivity index (χ3n) is 15.2. The molecule has 4 saturated carbocycles. The Hall–Kier alpha value is -4.94. The fraction of sp³-hybridized carbons (Fsp3) is 0.283. The number of hydrogen-bond donors (Lipinski definition) is 0. The summed E-state index contributed by atoms with van der Waals surface area (Å²) < 4.78 is 0. The van der Waals surface area contributed by atoms with Crippen LogP contribution < -0.4 is 0 Å². The topological polar surface area (TPSA) is 0 Å². The third-order valence-corrected chi connectivity index (χ3v) is 15.2. The van der Waals surface area contributed by atoms with Gasteiger partial charge in [0.1, 0.15) is 0 Å². The van der Waals surface area contributed by atoms with E-state index in [9.17, 15) is 0 Å². The molecule has 0 saturated heterocycles. The van der Waals surface area contributed by atoms with Gasteiger partial charge in [-0.15, -0.1) is 0 Å². The minimum absolute atomic E-state index is 0.0407. The quantitative estimate of drug-likeness (QED) is 0.163. The molecule has 4 bridgehead atoms. The molecule has 0 radical (unpaired) electrons. The summed E-state index contributed by atoms with van der Waals surface area (Å²) in [5.74, 6) is 3.39. The number of aryl methyl sites for hydroxylation is 1.